The van der Waals surface area contributed by atoms with Crippen LogP contribution in [0.4, 0.5) is 11.4 Å². The van der Waals surface area contributed by atoms with Crippen molar-refractivity contribution in [3.63, 3.8) is 0 Å². The second kappa shape index (κ2) is 13.8. The Bertz CT molecular complexity index is 1070. The Balaban J connectivity index is 0.00000216. The first-order chi connectivity index (χ1) is 16.1. The average molecular weight is 600 g/mol. The molecule has 0 aliphatic carbocycles. The molecule has 0 unspecified atom stereocenters. The van der Waals surface area contributed by atoms with Gasteiger partial charge >= 0.3 is 207 Å². The smallest absolute Gasteiger partial charge is 0.147 e. The fourth-order valence-electron chi connectivity index (χ4n) is 4.29. The minimum Gasteiger partial charge on any atom is -0.147 e. The Labute approximate surface area is 230 Å². The summed E-state index contributed by atoms with van der Waals surface area (Å²) in [6.07, 6.45) is 1.99. The maximum Gasteiger partial charge on any atom is -0.147 e. The van der Waals surface area contributed by atoms with Gasteiger partial charge in [0.1, 0.15) is 0 Å². The molecule has 6 heteroatoms. The summed E-state index contributed by atoms with van der Waals surface area (Å²) in [5.41, 5.74) is 6.49. The summed E-state index contributed by atoms with van der Waals surface area (Å²) >= 11 is -0.350. The zero-order valence-electron chi connectivity index (χ0n) is 20.7. The maximum absolute atomic E-state index is 6.21. The molecule has 35 heavy (non-hydrogen) atoms. The van der Waals surface area contributed by atoms with Gasteiger partial charge in [0.15, 0.2) is 0 Å². The third-order valence-corrected chi connectivity index (χ3v) is 7.18. The van der Waals surface area contributed by atoms with Crippen LogP contribution >= 0.6 is 24.8 Å². The number of hydrogen-bond acceptors (Lipinski definition) is 3. The summed E-state index contributed by atoms with van der Waals surface area (Å²) in [7, 11) is 0. The van der Waals surface area contributed by atoms with Crippen LogP contribution in [0, 0.1) is 0 Å². The van der Waals surface area contributed by atoms with Gasteiger partial charge in [-0.05, 0) is 0 Å². The van der Waals surface area contributed by atoms with E-state index < -0.39 is 0 Å². The van der Waals surface area contributed by atoms with Crippen LogP contribution < -0.4 is 9.80 Å². The summed E-state index contributed by atoms with van der Waals surface area (Å²) in [6.45, 7) is 10.9. The van der Waals surface area contributed by atoms with Crippen LogP contribution in [-0.4, -0.2) is 17.7 Å². The van der Waals surface area contributed by atoms with Crippen molar-refractivity contribution in [2.75, 3.05) is 22.9 Å². The molecule has 3 nitrogen and oxygen atoms in total. The molecule has 1 heterocycles. The van der Waals surface area contributed by atoms with Crippen LogP contribution in [0.15, 0.2) is 90.9 Å². The van der Waals surface area contributed by atoms with Crippen LogP contribution in [0.3, 0.4) is 0 Å². The second-order valence-corrected chi connectivity index (χ2v) is 10.2. The Morgan fingerprint density at radius 3 is 1.63 bits per heavy atom. The van der Waals surface area contributed by atoms with Crippen LogP contribution in [0.2, 0.25) is 0 Å². The van der Waals surface area contributed by atoms with Gasteiger partial charge in [0.25, 0.3) is 0 Å². The summed E-state index contributed by atoms with van der Waals surface area (Å²) in [5, 5.41) is 0. The molecule has 0 aromatic heterocycles. The molecule has 0 spiro atoms. The molecular weight excluding hydrogens is 564 g/mol. The second-order valence-electron chi connectivity index (χ2n) is 8.89. The minimum atomic E-state index is -0.350. The molecule has 1 aliphatic rings. The van der Waals surface area contributed by atoms with Crippen molar-refractivity contribution in [3.8, 4) is 0 Å². The van der Waals surface area contributed by atoms with E-state index in [-0.39, 0.29) is 41.8 Å². The zero-order chi connectivity index (χ0) is 23.2. The van der Waals surface area contributed by atoms with Gasteiger partial charge in [-0.3, -0.25) is 0 Å². The van der Waals surface area contributed by atoms with Crippen molar-refractivity contribution < 1.29 is 20.6 Å². The topological polar surface area (TPSA) is 15.7 Å². The molecule has 0 radical (unpaired) electrons. The molecule has 0 amide bonds. The Kier molecular flexibility index (Phi) is 11.5. The Hall–Kier alpha value is -2.13. The first kappa shape index (κ1) is 29.1. The molecule has 189 valence electrons. The normalized spacial score (nSPS) is 13.5. The van der Waals surface area contributed by atoms with E-state index in [9.17, 15) is 0 Å². The van der Waals surface area contributed by atoms with Gasteiger partial charge in [0.2, 0.25) is 0 Å². The van der Waals surface area contributed by atoms with Crippen molar-refractivity contribution in [1.29, 1.82) is 0 Å². The monoisotopic (exact) mass is 599 g/mol. The molecule has 3 aromatic carbocycles. The molecule has 3 aromatic rings. The summed E-state index contributed by atoms with van der Waals surface area (Å²) in [5.74, 6) is 2.03. The fourth-order valence-corrected chi connectivity index (χ4v) is 5.28. The molecule has 1 saturated heterocycles. The molecule has 0 saturated carbocycles. The van der Waals surface area contributed by atoms with E-state index >= 15 is 0 Å². The molecular formula is C29H35Cl2N2ORu. The van der Waals surface area contributed by atoms with E-state index in [2.05, 4.69) is 115 Å². The summed E-state index contributed by atoms with van der Waals surface area (Å²) in [6, 6.07) is 28.0. The molecule has 1 aliphatic heterocycles. The Morgan fingerprint density at radius 1 is 0.686 bits per heavy atom. The number of anilines is 2. The Morgan fingerprint density at radius 2 is 1.14 bits per heavy atom. The number of rotatable bonds is 7. The van der Waals surface area contributed by atoms with Crippen molar-refractivity contribution >= 4 is 40.8 Å². The number of hydrogen-bond donors (Lipinski definition) is 0. The van der Waals surface area contributed by atoms with E-state index in [1.807, 2.05) is 12.3 Å². The van der Waals surface area contributed by atoms with Crippen LogP contribution in [-0.2, 0) is 20.6 Å². The van der Waals surface area contributed by atoms with Crippen LogP contribution in [0.1, 0.15) is 56.2 Å². The predicted octanol–water partition coefficient (Wildman–Crippen LogP) is 7.77. The van der Waals surface area contributed by atoms with E-state index in [4.69, 9.17) is 3.56 Å². The number of halogens is 2. The molecule has 1 fully saturated rings. The molecule has 4 rings (SSSR count). The number of para-hydroxylation sites is 2. The van der Waals surface area contributed by atoms with E-state index in [1.165, 1.54) is 28.1 Å². The average Bonchev–Trinajstić information content (AvgIpc) is 3.26. The first-order valence-corrected chi connectivity index (χ1v) is 13.4. The SMILES string of the molecule is CC(C)c1ccccc1N1CCN(c2ccccc2C(C)C)C1=C[O][Ru]=[CH]c1ccccc1.Cl.Cl. The van der Waals surface area contributed by atoms with Gasteiger partial charge in [-0.15, -0.1) is 24.8 Å². The first-order valence-electron chi connectivity index (χ1n) is 11.6. The summed E-state index contributed by atoms with van der Waals surface area (Å²) in [4.78, 5) is 4.85. The maximum atomic E-state index is 6.21. The number of nitrogens with zero attached hydrogens (tertiary/aromatic N) is 2. The quantitative estimate of drug-likeness (QED) is 0.204. The molecule has 0 N–H and O–H groups in total. The fraction of sp³-hybridized carbons (Fsp3) is 0.276. The summed E-state index contributed by atoms with van der Waals surface area (Å²) < 4.78 is 8.42. The van der Waals surface area contributed by atoms with E-state index in [0.717, 1.165) is 18.9 Å². The van der Waals surface area contributed by atoms with Gasteiger partial charge in [-0.1, -0.05) is 0 Å². The largest absolute Gasteiger partial charge is 0.147 e. The van der Waals surface area contributed by atoms with Crippen molar-refractivity contribution in [2.45, 2.75) is 39.5 Å². The van der Waals surface area contributed by atoms with Gasteiger partial charge in [-0.2, -0.15) is 0 Å². The molecule has 0 atom stereocenters. The molecule has 0 bridgehead atoms. The standard InChI is InChI=1S/C22H28N2O.C7H6.2ClH.Ru/c1-16(2)18-9-5-7-11-20(18)23-13-14-24(22(23)15-25)21-12-8-6-10-19(21)17(3)4;1-7-5-3-2-4-6-7;;;/h5-12,15-17,25H,13-14H2,1-4H3;1-6H;2*1H;/q;;;;+1/p-1. The van der Waals surface area contributed by atoms with E-state index in [0.29, 0.717) is 11.8 Å². The number of benzene rings is 3. The third-order valence-electron chi connectivity index (χ3n) is 5.95. The minimum absolute atomic E-state index is 0. The predicted molar refractivity (Wildman–Crippen MR) is 151 cm³/mol. The van der Waals surface area contributed by atoms with Gasteiger partial charge in [-0.25, -0.2) is 0 Å². The van der Waals surface area contributed by atoms with Crippen LogP contribution in [0.5, 0.6) is 0 Å². The van der Waals surface area contributed by atoms with Crippen LogP contribution in [0.25, 0.3) is 0 Å². The van der Waals surface area contributed by atoms with Gasteiger partial charge in [0, 0.05) is 0 Å². The van der Waals surface area contributed by atoms with Crippen molar-refractivity contribution in [1.82, 2.24) is 0 Å². The van der Waals surface area contributed by atoms with Gasteiger partial charge in [0.05, 0.1) is 0 Å². The van der Waals surface area contributed by atoms with Crippen molar-refractivity contribution in [2.24, 2.45) is 0 Å². The third kappa shape index (κ3) is 6.97. The van der Waals surface area contributed by atoms with E-state index in [1.54, 1.807) is 0 Å². The zero-order valence-corrected chi connectivity index (χ0v) is 24.1. The van der Waals surface area contributed by atoms with Gasteiger partial charge < -0.3 is 0 Å². The van der Waals surface area contributed by atoms with Crippen molar-refractivity contribution in [3.05, 3.63) is 108 Å².